The van der Waals surface area contributed by atoms with Crippen LogP contribution in [0.2, 0.25) is 0 Å². The molecule has 1 saturated heterocycles. The van der Waals surface area contributed by atoms with Crippen molar-refractivity contribution >= 4 is 10.2 Å². The van der Waals surface area contributed by atoms with Crippen molar-refractivity contribution in [3.63, 3.8) is 0 Å². The molecular formula is C10H23N3O3S. The van der Waals surface area contributed by atoms with Gasteiger partial charge in [-0.25, -0.2) is 4.72 Å². The van der Waals surface area contributed by atoms with E-state index in [1.54, 1.807) is 0 Å². The molecule has 0 atom stereocenters. The van der Waals surface area contributed by atoms with Gasteiger partial charge in [-0.05, 0) is 12.8 Å². The maximum atomic E-state index is 11.8. The van der Waals surface area contributed by atoms with Crippen LogP contribution in [0.15, 0.2) is 0 Å². The molecule has 7 heteroatoms. The number of hydrogen-bond acceptors (Lipinski definition) is 4. The molecule has 17 heavy (non-hydrogen) atoms. The van der Waals surface area contributed by atoms with E-state index in [1.165, 1.54) is 4.31 Å². The summed E-state index contributed by atoms with van der Waals surface area (Å²) in [5, 5.41) is 11.7. The van der Waals surface area contributed by atoms with Gasteiger partial charge in [0.25, 0.3) is 10.2 Å². The average molecular weight is 265 g/mol. The zero-order valence-electron chi connectivity index (χ0n) is 10.2. The van der Waals surface area contributed by atoms with E-state index in [2.05, 4.69) is 10.0 Å². The molecule has 0 saturated carbocycles. The Hall–Kier alpha value is -0.210. The summed E-state index contributed by atoms with van der Waals surface area (Å²) in [5.41, 5.74) is 0. The summed E-state index contributed by atoms with van der Waals surface area (Å²) in [7, 11) is -3.28. The molecule has 0 spiro atoms. The van der Waals surface area contributed by atoms with Gasteiger partial charge < -0.3 is 10.4 Å². The summed E-state index contributed by atoms with van der Waals surface area (Å²) >= 11 is 0. The fourth-order valence-corrected chi connectivity index (χ4v) is 3.02. The van der Waals surface area contributed by atoms with Gasteiger partial charge in [0.1, 0.15) is 0 Å². The second-order valence-corrected chi connectivity index (χ2v) is 5.94. The van der Waals surface area contributed by atoms with Gasteiger partial charge in [-0.2, -0.15) is 12.7 Å². The van der Waals surface area contributed by atoms with Crippen molar-refractivity contribution in [1.82, 2.24) is 14.3 Å². The second kappa shape index (κ2) is 7.99. The number of rotatable bonds is 8. The lowest BCUT2D eigenvalue weighted by molar-refractivity contribution is 0.282. The molecule has 0 bridgehead atoms. The van der Waals surface area contributed by atoms with E-state index < -0.39 is 10.2 Å². The number of aliphatic hydroxyl groups is 1. The Labute approximate surface area is 104 Å². The molecule has 1 heterocycles. The SMILES string of the molecule is O=S(=O)(NCCCCCCO)N1CCNCC1. The van der Waals surface area contributed by atoms with Crippen LogP contribution >= 0.6 is 0 Å². The van der Waals surface area contributed by atoms with Crippen LogP contribution in [0.3, 0.4) is 0 Å². The Bertz CT molecular complexity index is 289. The largest absolute Gasteiger partial charge is 0.396 e. The molecule has 1 aliphatic heterocycles. The van der Waals surface area contributed by atoms with Crippen LogP contribution in [0.1, 0.15) is 25.7 Å². The Balaban J connectivity index is 2.15. The summed E-state index contributed by atoms with van der Waals surface area (Å²) in [6.07, 6.45) is 3.52. The third-order valence-electron chi connectivity index (χ3n) is 2.79. The molecule has 0 amide bonds. The van der Waals surface area contributed by atoms with Crippen molar-refractivity contribution < 1.29 is 13.5 Å². The van der Waals surface area contributed by atoms with Crippen molar-refractivity contribution in [2.75, 3.05) is 39.3 Å². The lowest BCUT2D eigenvalue weighted by atomic mass is 10.2. The van der Waals surface area contributed by atoms with Gasteiger partial charge >= 0.3 is 0 Å². The summed E-state index contributed by atoms with van der Waals surface area (Å²) in [4.78, 5) is 0. The fraction of sp³-hybridized carbons (Fsp3) is 1.00. The molecule has 0 radical (unpaired) electrons. The maximum Gasteiger partial charge on any atom is 0.279 e. The molecule has 102 valence electrons. The van der Waals surface area contributed by atoms with Crippen LogP contribution in [0.5, 0.6) is 0 Å². The van der Waals surface area contributed by atoms with Crippen LogP contribution in [0, 0.1) is 0 Å². The highest BCUT2D eigenvalue weighted by atomic mass is 32.2. The van der Waals surface area contributed by atoms with E-state index in [1.807, 2.05) is 0 Å². The molecule has 1 fully saturated rings. The monoisotopic (exact) mass is 265 g/mol. The van der Waals surface area contributed by atoms with Gasteiger partial charge in [-0.15, -0.1) is 0 Å². The zero-order valence-corrected chi connectivity index (χ0v) is 11.0. The number of nitrogens with one attached hydrogen (secondary N) is 2. The normalized spacial score (nSPS) is 18.4. The Morgan fingerprint density at radius 3 is 2.41 bits per heavy atom. The lowest BCUT2D eigenvalue weighted by Gasteiger charge is -2.26. The first-order valence-electron chi connectivity index (χ1n) is 6.23. The van der Waals surface area contributed by atoms with Crippen LogP contribution < -0.4 is 10.0 Å². The third-order valence-corrected chi connectivity index (χ3v) is 4.40. The average Bonchev–Trinajstić information content (AvgIpc) is 2.35. The number of aliphatic hydroxyl groups excluding tert-OH is 1. The minimum Gasteiger partial charge on any atom is -0.396 e. The smallest absolute Gasteiger partial charge is 0.279 e. The van der Waals surface area contributed by atoms with Crippen molar-refractivity contribution in [2.45, 2.75) is 25.7 Å². The van der Waals surface area contributed by atoms with Gasteiger partial charge in [0.2, 0.25) is 0 Å². The summed E-state index contributed by atoms with van der Waals surface area (Å²) in [6.45, 7) is 3.22. The molecular weight excluding hydrogens is 242 g/mol. The second-order valence-electron chi connectivity index (χ2n) is 4.19. The first-order valence-corrected chi connectivity index (χ1v) is 7.67. The van der Waals surface area contributed by atoms with Gasteiger partial charge in [-0.1, -0.05) is 12.8 Å². The van der Waals surface area contributed by atoms with E-state index in [4.69, 9.17) is 5.11 Å². The molecule has 6 nitrogen and oxygen atoms in total. The lowest BCUT2D eigenvalue weighted by Crippen LogP contribution is -2.50. The Kier molecular flexibility index (Phi) is 6.98. The van der Waals surface area contributed by atoms with E-state index in [0.29, 0.717) is 19.6 Å². The van der Waals surface area contributed by atoms with E-state index >= 15 is 0 Å². The van der Waals surface area contributed by atoms with E-state index in [0.717, 1.165) is 38.8 Å². The highest BCUT2D eigenvalue weighted by Crippen LogP contribution is 2.02. The number of hydrogen-bond donors (Lipinski definition) is 3. The highest BCUT2D eigenvalue weighted by molar-refractivity contribution is 7.87. The topological polar surface area (TPSA) is 81.7 Å². The minimum atomic E-state index is -3.28. The first-order chi connectivity index (χ1) is 8.17. The first kappa shape index (κ1) is 14.8. The van der Waals surface area contributed by atoms with E-state index in [-0.39, 0.29) is 6.61 Å². The van der Waals surface area contributed by atoms with Crippen LogP contribution in [-0.2, 0) is 10.2 Å². The standard InChI is InChI=1S/C10H23N3O3S/c14-10-4-2-1-3-5-12-17(15,16)13-8-6-11-7-9-13/h11-12,14H,1-10H2. The number of nitrogens with zero attached hydrogens (tertiary/aromatic N) is 1. The Morgan fingerprint density at radius 1 is 1.12 bits per heavy atom. The summed E-state index contributed by atoms with van der Waals surface area (Å²) in [6, 6.07) is 0. The molecule has 1 rings (SSSR count). The van der Waals surface area contributed by atoms with Gasteiger partial charge in [0.15, 0.2) is 0 Å². The van der Waals surface area contributed by atoms with Gasteiger partial charge in [0, 0.05) is 39.3 Å². The fourth-order valence-electron chi connectivity index (χ4n) is 1.77. The zero-order chi connectivity index (χ0) is 12.6. The van der Waals surface area contributed by atoms with Crippen molar-refractivity contribution in [1.29, 1.82) is 0 Å². The van der Waals surface area contributed by atoms with Gasteiger partial charge in [0.05, 0.1) is 0 Å². The molecule has 0 aromatic carbocycles. The summed E-state index contributed by atoms with van der Waals surface area (Å²) in [5.74, 6) is 0. The van der Waals surface area contributed by atoms with Crippen LogP contribution in [0.4, 0.5) is 0 Å². The minimum absolute atomic E-state index is 0.215. The van der Waals surface area contributed by atoms with Crippen LogP contribution in [-0.4, -0.2) is 57.2 Å². The third kappa shape index (κ3) is 5.78. The molecule has 0 aliphatic carbocycles. The molecule has 3 N–H and O–H groups in total. The predicted molar refractivity (Wildman–Crippen MR) is 66.9 cm³/mol. The predicted octanol–water partition coefficient (Wildman–Crippen LogP) is -0.721. The van der Waals surface area contributed by atoms with Crippen molar-refractivity contribution in [2.24, 2.45) is 0 Å². The highest BCUT2D eigenvalue weighted by Gasteiger charge is 2.22. The maximum absolute atomic E-state index is 11.8. The molecule has 0 aromatic rings. The summed E-state index contributed by atoms with van der Waals surface area (Å²) < 4.78 is 27.7. The number of unbranched alkanes of at least 4 members (excludes halogenated alkanes) is 3. The Morgan fingerprint density at radius 2 is 1.76 bits per heavy atom. The molecule has 0 unspecified atom stereocenters. The van der Waals surface area contributed by atoms with Crippen molar-refractivity contribution in [3.05, 3.63) is 0 Å². The van der Waals surface area contributed by atoms with Crippen LogP contribution in [0.25, 0.3) is 0 Å². The molecule has 1 aliphatic rings. The van der Waals surface area contributed by atoms with Gasteiger partial charge in [-0.3, -0.25) is 0 Å². The number of piperazine rings is 1. The molecule has 0 aromatic heterocycles. The quantitative estimate of drug-likeness (QED) is 0.506. The van der Waals surface area contributed by atoms with Crippen molar-refractivity contribution in [3.8, 4) is 0 Å². The van der Waals surface area contributed by atoms with E-state index in [9.17, 15) is 8.42 Å².